The van der Waals surface area contributed by atoms with Crippen molar-refractivity contribution in [3.8, 4) is 0 Å². The van der Waals surface area contributed by atoms with Gasteiger partial charge in [0.05, 0.1) is 13.2 Å². The number of allylic oxidation sites excluding steroid dienone is 3. The zero-order valence-electron chi connectivity index (χ0n) is 36.1. The van der Waals surface area contributed by atoms with Crippen LogP contribution in [0.3, 0.4) is 0 Å². The molecule has 0 aromatic carbocycles. The van der Waals surface area contributed by atoms with E-state index in [4.69, 9.17) is 14.9 Å². The SMILES string of the molecule is CCCCC/C=C\C/C=C\C(CCCCCCC(=O)NCC(=O)NC(CO)C(=O)O)OC(=O)CCCCCCCCCCCCCCCCCCCCCCC. The average molecular weight is 791 g/mol. The van der Waals surface area contributed by atoms with Gasteiger partial charge in [-0.15, -0.1) is 0 Å². The minimum Gasteiger partial charge on any atom is -0.480 e. The number of esters is 1. The van der Waals surface area contributed by atoms with Crippen LogP contribution in [0.2, 0.25) is 0 Å². The molecule has 4 N–H and O–H groups in total. The Bertz CT molecular complexity index is 999. The summed E-state index contributed by atoms with van der Waals surface area (Å²) >= 11 is 0. The first-order valence-electron chi connectivity index (χ1n) is 23.2. The molecular weight excluding hydrogens is 705 g/mol. The molecule has 0 spiro atoms. The van der Waals surface area contributed by atoms with E-state index in [-0.39, 0.29) is 30.9 Å². The fraction of sp³-hybridized carbons (Fsp3) is 0.830. The molecule has 0 saturated carbocycles. The minimum atomic E-state index is -1.39. The van der Waals surface area contributed by atoms with E-state index in [1.807, 2.05) is 6.08 Å². The van der Waals surface area contributed by atoms with Gasteiger partial charge in [0.2, 0.25) is 11.8 Å². The highest BCUT2D eigenvalue weighted by atomic mass is 16.5. The second kappa shape index (κ2) is 41.9. The maximum atomic E-state index is 12.7. The molecule has 0 aliphatic carbocycles. The molecule has 2 atom stereocenters. The van der Waals surface area contributed by atoms with Crippen LogP contribution in [0.4, 0.5) is 0 Å². The Kier molecular flexibility index (Phi) is 39.9. The predicted molar refractivity (Wildman–Crippen MR) is 232 cm³/mol. The largest absolute Gasteiger partial charge is 0.480 e. The Balaban J connectivity index is 4.12. The van der Waals surface area contributed by atoms with Crippen LogP contribution >= 0.6 is 0 Å². The minimum absolute atomic E-state index is 0.123. The van der Waals surface area contributed by atoms with Crippen LogP contribution in [0.25, 0.3) is 0 Å². The topological polar surface area (TPSA) is 142 Å². The number of aliphatic hydroxyl groups is 1. The molecule has 2 amide bonds. The van der Waals surface area contributed by atoms with Gasteiger partial charge in [-0.1, -0.05) is 186 Å². The van der Waals surface area contributed by atoms with Gasteiger partial charge in [-0.3, -0.25) is 14.4 Å². The first-order chi connectivity index (χ1) is 27.3. The number of unbranched alkanes of at least 4 members (excludes halogenated alkanes) is 26. The first kappa shape index (κ1) is 53.3. The Labute approximate surface area is 343 Å². The number of hydrogen-bond acceptors (Lipinski definition) is 6. The van der Waals surface area contributed by atoms with Crippen LogP contribution in [-0.2, 0) is 23.9 Å². The number of ether oxygens (including phenoxy) is 1. The van der Waals surface area contributed by atoms with Gasteiger partial charge in [0.25, 0.3) is 0 Å². The zero-order valence-corrected chi connectivity index (χ0v) is 36.1. The van der Waals surface area contributed by atoms with Gasteiger partial charge >= 0.3 is 11.9 Å². The molecule has 0 aliphatic rings. The summed E-state index contributed by atoms with van der Waals surface area (Å²) in [6, 6.07) is -1.39. The molecule has 0 radical (unpaired) electrons. The van der Waals surface area contributed by atoms with E-state index in [0.29, 0.717) is 12.8 Å². The maximum Gasteiger partial charge on any atom is 0.328 e. The lowest BCUT2D eigenvalue weighted by Gasteiger charge is -2.15. The van der Waals surface area contributed by atoms with Gasteiger partial charge in [-0.05, 0) is 51.0 Å². The molecule has 0 aromatic rings. The molecule has 0 heterocycles. The van der Waals surface area contributed by atoms with Crippen molar-refractivity contribution < 1.29 is 34.1 Å². The second-order valence-corrected chi connectivity index (χ2v) is 15.9. The lowest BCUT2D eigenvalue weighted by molar-refractivity contribution is -0.147. The lowest BCUT2D eigenvalue weighted by Crippen LogP contribution is -2.47. The molecular formula is C47H86N2O7. The average Bonchev–Trinajstić information content (AvgIpc) is 3.18. The van der Waals surface area contributed by atoms with Gasteiger partial charge < -0.3 is 25.6 Å². The number of amides is 2. The van der Waals surface area contributed by atoms with E-state index in [0.717, 1.165) is 51.4 Å². The molecule has 9 heteroatoms. The van der Waals surface area contributed by atoms with Crippen molar-refractivity contribution in [2.24, 2.45) is 0 Å². The summed E-state index contributed by atoms with van der Waals surface area (Å²) in [7, 11) is 0. The molecule has 326 valence electrons. The third-order valence-electron chi connectivity index (χ3n) is 10.4. The van der Waals surface area contributed by atoms with E-state index in [1.54, 1.807) is 0 Å². The molecule has 0 aromatic heterocycles. The normalized spacial score (nSPS) is 12.6. The molecule has 9 nitrogen and oxygen atoms in total. The number of aliphatic carboxylic acids is 1. The Morgan fingerprint density at radius 2 is 1.02 bits per heavy atom. The summed E-state index contributed by atoms with van der Waals surface area (Å²) in [5.41, 5.74) is 0. The van der Waals surface area contributed by atoms with E-state index in [1.165, 1.54) is 141 Å². The highest BCUT2D eigenvalue weighted by Crippen LogP contribution is 2.17. The number of nitrogens with one attached hydrogen (secondary N) is 2. The molecule has 0 saturated heterocycles. The van der Waals surface area contributed by atoms with E-state index in [9.17, 15) is 19.2 Å². The van der Waals surface area contributed by atoms with Crippen molar-refractivity contribution in [1.82, 2.24) is 10.6 Å². The Hall–Kier alpha value is -2.68. The van der Waals surface area contributed by atoms with Gasteiger partial charge in [0, 0.05) is 12.8 Å². The molecule has 0 fully saturated rings. The summed E-state index contributed by atoms with van der Waals surface area (Å²) in [4.78, 5) is 47.6. The monoisotopic (exact) mass is 791 g/mol. The number of rotatable bonds is 42. The van der Waals surface area contributed by atoms with Crippen LogP contribution in [-0.4, -0.2) is 59.3 Å². The lowest BCUT2D eigenvalue weighted by atomic mass is 10.0. The number of carbonyl (C=O) groups is 4. The van der Waals surface area contributed by atoms with Crippen molar-refractivity contribution in [3.63, 3.8) is 0 Å². The summed E-state index contributed by atoms with van der Waals surface area (Å²) in [5.74, 6) is -2.41. The number of aliphatic hydroxyl groups excluding tert-OH is 1. The fourth-order valence-electron chi connectivity index (χ4n) is 6.84. The second-order valence-electron chi connectivity index (χ2n) is 15.9. The number of hydrogen-bond donors (Lipinski definition) is 4. The van der Waals surface area contributed by atoms with Gasteiger partial charge in [-0.25, -0.2) is 4.79 Å². The number of carboxylic acid groups (broad SMARTS) is 1. The predicted octanol–water partition coefficient (Wildman–Crippen LogP) is 11.6. The Morgan fingerprint density at radius 1 is 0.554 bits per heavy atom. The molecule has 0 bridgehead atoms. The fourth-order valence-corrected chi connectivity index (χ4v) is 6.84. The standard InChI is InChI=1S/C47H86N2O7/c1-3-5-7-9-11-13-14-15-16-17-18-19-20-21-22-23-24-25-27-29-35-39-46(53)56-42(36-32-28-26-12-10-8-6-4-2)37-33-30-31-34-38-44(51)48-40-45(52)49-43(41-50)47(54)55/h12,26,32,36,42-43,50H,3-11,13-25,27-31,33-35,37-41H2,1-2H3,(H,48,51)(H,49,52)(H,54,55)/b26-12-,36-32-. The smallest absolute Gasteiger partial charge is 0.328 e. The van der Waals surface area contributed by atoms with Gasteiger partial charge in [0.1, 0.15) is 12.1 Å². The molecule has 56 heavy (non-hydrogen) atoms. The first-order valence-corrected chi connectivity index (χ1v) is 23.2. The number of carboxylic acids is 1. The number of carbonyl (C=O) groups excluding carboxylic acids is 3. The van der Waals surface area contributed by atoms with Crippen LogP contribution in [0.1, 0.15) is 226 Å². The van der Waals surface area contributed by atoms with E-state index in [2.05, 4.69) is 42.7 Å². The van der Waals surface area contributed by atoms with Crippen LogP contribution in [0, 0.1) is 0 Å². The summed E-state index contributed by atoms with van der Waals surface area (Å²) in [6.45, 7) is 3.43. The van der Waals surface area contributed by atoms with E-state index < -0.39 is 24.5 Å². The molecule has 0 rings (SSSR count). The summed E-state index contributed by atoms with van der Waals surface area (Å²) in [6.07, 6.45) is 46.7. The molecule has 0 aliphatic heterocycles. The van der Waals surface area contributed by atoms with Crippen molar-refractivity contribution in [1.29, 1.82) is 0 Å². The van der Waals surface area contributed by atoms with Crippen LogP contribution in [0.15, 0.2) is 24.3 Å². The Morgan fingerprint density at radius 3 is 1.52 bits per heavy atom. The summed E-state index contributed by atoms with van der Waals surface area (Å²) < 4.78 is 5.90. The van der Waals surface area contributed by atoms with Crippen LogP contribution < -0.4 is 10.6 Å². The summed E-state index contributed by atoms with van der Waals surface area (Å²) in [5, 5.41) is 22.5. The highest BCUT2D eigenvalue weighted by Gasteiger charge is 2.18. The zero-order chi connectivity index (χ0) is 41.2. The van der Waals surface area contributed by atoms with Crippen molar-refractivity contribution in [2.75, 3.05) is 13.2 Å². The van der Waals surface area contributed by atoms with E-state index >= 15 is 0 Å². The van der Waals surface area contributed by atoms with Crippen molar-refractivity contribution in [3.05, 3.63) is 24.3 Å². The third-order valence-corrected chi connectivity index (χ3v) is 10.4. The quantitative estimate of drug-likeness (QED) is 0.0274. The van der Waals surface area contributed by atoms with Crippen molar-refractivity contribution >= 4 is 23.8 Å². The van der Waals surface area contributed by atoms with Crippen LogP contribution in [0.5, 0.6) is 0 Å². The maximum absolute atomic E-state index is 12.7. The van der Waals surface area contributed by atoms with Gasteiger partial charge in [-0.2, -0.15) is 0 Å². The molecule has 2 unspecified atom stereocenters. The third kappa shape index (κ3) is 38.2. The van der Waals surface area contributed by atoms with Crippen molar-refractivity contribution in [2.45, 2.75) is 238 Å². The highest BCUT2D eigenvalue weighted by molar-refractivity contribution is 5.87. The van der Waals surface area contributed by atoms with Gasteiger partial charge in [0.15, 0.2) is 0 Å².